The van der Waals surface area contributed by atoms with Gasteiger partial charge in [-0.15, -0.1) is 11.3 Å². The van der Waals surface area contributed by atoms with E-state index in [0.29, 0.717) is 6.42 Å². The van der Waals surface area contributed by atoms with Crippen LogP contribution in [0.3, 0.4) is 0 Å². The highest BCUT2D eigenvalue weighted by molar-refractivity contribution is 7.10. The normalized spacial score (nSPS) is 9.95. The van der Waals surface area contributed by atoms with E-state index >= 15 is 0 Å². The van der Waals surface area contributed by atoms with E-state index in [1.54, 1.807) is 11.3 Å². The van der Waals surface area contributed by atoms with Crippen molar-refractivity contribution in [3.63, 3.8) is 0 Å². The molecule has 3 heteroatoms. The molecule has 2 nitrogen and oxygen atoms in total. The highest BCUT2D eigenvalue weighted by Crippen LogP contribution is 2.20. The van der Waals surface area contributed by atoms with E-state index in [1.165, 1.54) is 16.1 Å². The quantitative estimate of drug-likeness (QED) is 0.870. The molecule has 0 spiro atoms. The summed E-state index contributed by atoms with van der Waals surface area (Å²) in [6.07, 6.45) is 0.536. The van der Waals surface area contributed by atoms with Gasteiger partial charge in [-0.1, -0.05) is 29.5 Å². The fourth-order valence-electron chi connectivity index (χ4n) is 1.87. The van der Waals surface area contributed by atoms with Gasteiger partial charge in [0.15, 0.2) is 0 Å². The number of nitrogens with zero attached hydrogens (tertiary/aromatic N) is 1. The molecule has 0 saturated carbocycles. The molecule has 0 unspecified atom stereocenters. The van der Waals surface area contributed by atoms with Crippen LogP contribution in [0.15, 0.2) is 35.7 Å². The second-order valence-electron chi connectivity index (χ2n) is 4.77. The van der Waals surface area contributed by atoms with Gasteiger partial charge in [-0.05, 0) is 25.1 Å². The molecule has 1 aromatic carbocycles. The molecule has 0 atom stereocenters. The van der Waals surface area contributed by atoms with Gasteiger partial charge in [0.05, 0.1) is 13.2 Å². The molecule has 20 heavy (non-hydrogen) atoms. The third-order valence-corrected chi connectivity index (χ3v) is 3.91. The maximum atomic E-state index is 8.71. The summed E-state index contributed by atoms with van der Waals surface area (Å²) in [4.78, 5) is 3.53. The van der Waals surface area contributed by atoms with Gasteiger partial charge in [-0.25, -0.2) is 0 Å². The first kappa shape index (κ1) is 14.6. The fourth-order valence-corrected chi connectivity index (χ4v) is 2.74. The molecule has 0 aliphatic heterocycles. The summed E-state index contributed by atoms with van der Waals surface area (Å²) in [6, 6.07) is 10.7. The molecule has 104 valence electrons. The number of aryl methyl sites for hydroxylation is 1. The lowest BCUT2D eigenvalue weighted by Crippen LogP contribution is -2.15. The predicted octanol–water partition coefficient (Wildman–Crippen LogP) is 3.43. The number of aliphatic hydroxyl groups excluding tert-OH is 1. The van der Waals surface area contributed by atoms with Gasteiger partial charge >= 0.3 is 0 Å². The summed E-state index contributed by atoms with van der Waals surface area (Å²) in [5, 5.41) is 10.8. The van der Waals surface area contributed by atoms with Crippen LogP contribution in [-0.2, 0) is 6.54 Å². The standard InChI is InChI=1S/C17H19NOS/c1-14-6-8-16(9-7-14)18(2)12-17-11-15(13-20-17)5-3-4-10-19/h6-9,11,13,19H,4,10,12H2,1-2H3. The lowest BCUT2D eigenvalue weighted by atomic mass is 10.2. The average Bonchev–Trinajstić information content (AvgIpc) is 2.87. The Morgan fingerprint density at radius 2 is 2.00 bits per heavy atom. The number of hydrogen-bond donors (Lipinski definition) is 1. The second-order valence-corrected chi connectivity index (χ2v) is 5.76. The zero-order valence-electron chi connectivity index (χ0n) is 11.9. The minimum Gasteiger partial charge on any atom is -0.395 e. The molecule has 0 aliphatic rings. The third kappa shape index (κ3) is 4.12. The Morgan fingerprint density at radius 3 is 2.70 bits per heavy atom. The van der Waals surface area contributed by atoms with Gasteiger partial charge in [-0.3, -0.25) is 0 Å². The fraction of sp³-hybridized carbons (Fsp3) is 0.294. The van der Waals surface area contributed by atoms with Crippen molar-refractivity contribution in [2.45, 2.75) is 19.9 Å². The molecule has 2 aromatic rings. The van der Waals surface area contributed by atoms with E-state index in [4.69, 9.17) is 5.11 Å². The van der Waals surface area contributed by atoms with Gasteiger partial charge < -0.3 is 10.0 Å². The van der Waals surface area contributed by atoms with Crippen LogP contribution >= 0.6 is 11.3 Å². The first-order valence-corrected chi connectivity index (χ1v) is 7.52. The maximum Gasteiger partial charge on any atom is 0.0540 e. The Hall–Kier alpha value is -1.76. The first-order valence-electron chi connectivity index (χ1n) is 6.64. The van der Waals surface area contributed by atoms with Gasteiger partial charge in [0.2, 0.25) is 0 Å². The number of rotatable bonds is 4. The molecule has 1 aromatic heterocycles. The van der Waals surface area contributed by atoms with Crippen molar-refractivity contribution >= 4 is 17.0 Å². The SMILES string of the molecule is Cc1ccc(N(C)Cc2cc(C#CCCO)cs2)cc1. The van der Waals surface area contributed by atoms with Crippen molar-refractivity contribution in [3.05, 3.63) is 51.7 Å². The average molecular weight is 285 g/mol. The van der Waals surface area contributed by atoms with Crippen molar-refractivity contribution < 1.29 is 5.11 Å². The van der Waals surface area contributed by atoms with Gasteiger partial charge in [0, 0.05) is 35.0 Å². The Morgan fingerprint density at radius 1 is 1.25 bits per heavy atom. The van der Waals surface area contributed by atoms with Crippen molar-refractivity contribution in [1.82, 2.24) is 0 Å². The molecule has 2 rings (SSSR count). The predicted molar refractivity (Wildman–Crippen MR) is 86.2 cm³/mol. The van der Waals surface area contributed by atoms with Crippen LogP contribution < -0.4 is 4.90 Å². The number of benzene rings is 1. The number of hydrogen-bond acceptors (Lipinski definition) is 3. The molecule has 1 heterocycles. The van der Waals surface area contributed by atoms with E-state index in [1.807, 2.05) is 0 Å². The molecule has 1 N–H and O–H groups in total. The minimum absolute atomic E-state index is 0.125. The minimum atomic E-state index is 0.125. The molecule has 0 saturated heterocycles. The van der Waals surface area contributed by atoms with Crippen molar-refractivity contribution in [1.29, 1.82) is 0 Å². The summed E-state index contributed by atoms with van der Waals surface area (Å²) in [5.74, 6) is 6.02. The van der Waals surface area contributed by atoms with E-state index in [-0.39, 0.29) is 6.61 Å². The van der Waals surface area contributed by atoms with Crippen LogP contribution in [0.1, 0.15) is 22.4 Å². The molecule has 0 fully saturated rings. The van der Waals surface area contributed by atoms with Crippen LogP contribution in [-0.4, -0.2) is 18.8 Å². The van der Waals surface area contributed by atoms with Crippen LogP contribution in [0.4, 0.5) is 5.69 Å². The highest BCUT2D eigenvalue weighted by atomic mass is 32.1. The lowest BCUT2D eigenvalue weighted by Gasteiger charge is -2.18. The highest BCUT2D eigenvalue weighted by Gasteiger charge is 2.04. The van der Waals surface area contributed by atoms with Crippen molar-refractivity contribution in [2.75, 3.05) is 18.6 Å². The molecular formula is C17H19NOS. The van der Waals surface area contributed by atoms with Crippen molar-refractivity contribution in [2.24, 2.45) is 0 Å². The number of anilines is 1. The zero-order chi connectivity index (χ0) is 14.4. The Balaban J connectivity index is 2.00. The molecule has 0 bridgehead atoms. The van der Waals surface area contributed by atoms with Gasteiger partial charge in [-0.2, -0.15) is 0 Å². The Bertz CT molecular complexity index is 604. The molecular weight excluding hydrogens is 266 g/mol. The summed E-state index contributed by atoms with van der Waals surface area (Å²) in [5.41, 5.74) is 3.53. The van der Waals surface area contributed by atoms with Crippen LogP contribution in [0.5, 0.6) is 0 Å². The van der Waals surface area contributed by atoms with E-state index < -0.39 is 0 Å². The summed E-state index contributed by atoms with van der Waals surface area (Å²) in [7, 11) is 2.10. The van der Waals surface area contributed by atoms with Crippen molar-refractivity contribution in [3.8, 4) is 11.8 Å². The van der Waals surface area contributed by atoms with Crippen LogP contribution in [0, 0.1) is 18.8 Å². The van der Waals surface area contributed by atoms with E-state index in [2.05, 4.69) is 66.4 Å². The Kier molecular flexibility index (Phi) is 5.23. The summed E-state index contributed by atoms with van der Waals surface area (Å²) >= 11 is 1.73. The zero-order valence-corrected chi connectivity index (χ0v) is 12.7. The largest absolute Gasteiger partial charge is 0.395 e. The monoisotopic (exact) mass is 285 g/mol. The maximum absolute atomic E-state index is 8.71. The first-order chi connectivity index (χ1) is 9.69. The topological polar surface area (TPSA) is 23.5 Å². The summed E-state index contributed by atoms with van der Waals surface area (Å²) < 4.78 is 0. The molecule has 0 amide bonds. The van der Waals surface area contributed by atoms with Crippen LogP contribution in [0.25, 0.3) is 0 Å². The summed E-state index contributed by atoms with van der Waals surface area (Å²) in [6.45, 7) is 3.11. The lowest BCUT2D eigenvalue weighted by molar-refractivity contribution is 0.305. The molecule has 0 radical (unpaired) electrons. The van der Waals surface area contributed by atoms with E-state index in [9.17, 15) is 0 Å². The van der Waals surface area contributed by atoms with E-state index in [0.717, 1.165) is 12.1 Å². The van der Waals surface area contributed by atoms with Gasteiger partial charge in [0.1, 0.15) is 0 Å². The van der Waals surface area contributed by atoms with Crippen LogP contribution in [0.2, 0.25) is 0 Å². The second kappa shape index (κ2) is 7.14. The smallest absolute Gasteiger partial charge is 0.0540 e. The number of thiophene rings is 1. The van der Waals surface area contributed by atoms with Gasteiger partial charge in [0.25, 0.3) is 0 Å². The Labute approximate surface area is 124 Å². The third-order valence-electron chi connectivity index (χ3n) is 2.99. The number of aliphatic hydroxyl groups is 1. The molecule has 0 aliphatic carbocycles.